The monoisotopic (exact) mass is 233 g/mol. The summed E-state index contributed by atoms with van der Waals surface area (Å²) in [6, 6.07) is 10.5. The Morgan fingerprint density at radius 3 is 2.44 bits per heavy atom. The number of ether oxygens (including phenoxy) is 1. The third-order valence-electron chi connectivity index (χ3n) is 2.56. The van der Waals surface area contributed by atoms with Crippen molar-refractivity contribution in [2.24, 2.45) is 0 Å². The van der Waals surface area contributed by atoms with Crippen LogP contribution in [0.3, 0.4) is 0 Å². The molecule has 0 aliphatic carbocycles. The average Bonchev–Trinajstić information content (AvgIpc) is 2.77. The molecule has 0 aliphatic rings. The first-order valence-electron chi connectivity index (χ1n) is 5.14. The maximum atomic E-state index is 5.32. The quantitative estimate of drug-likeness (QED) is 0.798. The van der Waals surface area contributed by atoms with Crippen molar-refractivity contribution in [3.05, 3.63) is 41.3 Å². The molecule has 0 unspecified atom stereocenters. The molecule has 0 saturated heterocycles. The number of nitrogens with zero attached hydrogens (tertiary/aromatic N) is 1. The summed E-state index contributed by atoms with van der Waals surface area (Å²) in [5, 5.41) is 3.17. The van der Waals surface area contributed by atoms with Gasteiger partial charge in [0.05, 0.1) is 7.11 Å². The Balaban J connectivity index is 2.31. The number of anilines is 2. The van der Waals surface area contributed by atoms with E-state index in [1.165, 1.54) is 11.3 Å². The van der Waals surface area contributed by atoms with Crippen molar-refractivity contribution in [2.45, 2.75) is 6.92 Å². The van der Waals surface area contributed by atoms with E-state index in [2.05, 4.69) is 43.1 Å². The van der Waals surface area contributed by atoms with Crippen molar-refractivity contribution in [3.63, 3.8) is 0 Å². The molecule has 0 N–H and O–H groups in total. The summed E-state index contributed by atoms with van der Waals surface area (Å²) in [4.78, 5) is 2.14. The fourth-order valence-corrected chi connectivity index (χ4v) is 2.43. The summed E-state index contributed by atoms with van der Waals surface area (Å²) in [6.45, 7) is 2.09. The van der Waals surface area contributed by atoms with Crippen molar-refractivity contribution >= 4 is 22.0 Å². The smallest absolute Gasteiger partial charge is 0.153 e. The van der Waals surface area contributed by atoms with Gasteiger partial charge in [-0.3, -0.25) is 0 Å². The average molecular weight is 233 g/mol. The zero-order chi connectivity index (χ0) is 11.5. The lowest BCUT2D eigenvalue weighted by Gasteiger charge is -2.18. The number of aryl methyl sites for hydroxylation is 1. The Labute approximate surface area is 100 Å². The van der Waals surface area contributed by atoms with Gasteiger partial charge in [0.2, 0.25) is 0 Å². The third-order valence-corrected chi connectivity index (χ3v) is 3.53. The van der Waals surface area contributed by atoms with Gasteiger partial charge in [-0.05, 0) is 30.5 Å². The highest BCUT2D eigenvalue weighted by molar-refractivity contribution is 7.14. The Kier molecular flexibility index (Phi) is 3.15. The highest BCUT2D eigenvalue weighted by atomic mass is 32.1. The fraction of sp³-hybridized carbons (Fsp3) is 0.231. The van der Waals surface area contributed by atoms with E-state index in [0.29, 0.717) is 0 Å². The van der Waals surface area contributed by atoms with Crippen molar-refractivity contribution in [2.75, 3.05) is 19.1 Å². The van der Waals surface area contributed by atoms with E-state index in [9.17, 15) is 0 Å². The molecule has 0 fully saturated rings. The van der Waals surface area contributed by atoms with Crippen LogP contribution >= 0.6 is 11.3 Å². The predicted molar refractivity (Wildman–Crippen MR) is 70.1 cm³/mol. The number of hydrogen-bond acceptors (Lipinski definition) is 3. The molecule has 2 aromatic rings. The molecule has 84 valence electrons. The molecule has 0 amide bonds. The molecule has 0 spiro atoms. The number of hydrogen-bond donors (Lipinski definition) is 0. The van der Waals surface area contributed by atoms with E-state index in [1.54, 1.807) is 18.4 Å². The van der Waals surface area contributed by atoms with E-state index in [1.807, 2.05) is 11.4 Å². The van der Waals surface area contributed by atoms with Crippen LogP contribution in [0.1, 0.15) is 5.56 Å². The maximum Gasteiger partial charge on any atom is 0.153 e. The topological polar surface area (TPSA) is 12.5 Å². The highest BCUT2D eigenvalue weighted by Gasteiger charge is 2.10. The Bertz CT molecular complexity index is 461. The van der Waals surface area contributed by atoms with Gasteiger partial charge in [-0.2, -0.15) is 0 Å². The third kappa shape index (κ3) is 2.04. The molecule has 0 saturated carbocycles. The lowest BCUT2D eigenvalue weighted by molar-refractivity contribution is 0.417. The first-order valence-corrected chi connectivity index (χ1v) is 6.02. The van der Waals surface area contributed by atoms with Crippen molar-refractivity contribution in [1.82, 2.24) is 0 Å². The molecule has 0 atom stereocenters. The fourth-order valence-electron chi connectivity index (χ4n) is 1.57. The van der Waals surface area contributed by atoms with Gasteiger partial charge >= 0.3 is 0 Å². The molecular formula is C13H15NOS. The SMILES string of the molecule is COc1ccsc1N(C)c1ccc(C)cc1. The summed E-state index contributed by atoms with van der Waals surface area (Å²) in [5.41, 5.74) is 2.45. The molecule has 2 rings (SSSR count). The van der Waals surface area contributed by atoms with E-state index in [0.717, 1.165) is 10.8 Å². The van der Waals surface area contributed by atoms with Crippen LogP contribution in [0.5, 0.6) is 5.75 Å². The van der Waals surface area contributed by atoms with Gasteiger partial charge in [0.25, 0.3) is 0 Å². The van der Waals surface area contributed by atoms with Crippen LogP contribution in [-0.2, 0) is 0 Å². The zero-order valence-electron chi connectivity index (χ0n) is 9.73. The van der Waals surface area contributed by atoms with Crippen molar-refractivity contribution < 1.29 is 4.74 Å². The predicted octanol–water partition coefficient (Wildman–Crippen LogP) is 3.83. The lowest BCUT2D eigenvalue weighted by Crippen LogP contribution is -2.08. The molecule has 0 aliphatic heterocycles. The minimum absolute atomic E-state index is 0.924. The minimum atomic E-state index is 0.924. The van der Waals surface area contributed by atoms with Crippen LogP contribution in [0.15, 0.2) is 35.7 Å². The normalized spacial score (nSPS) is 10.2. The standard InChI is InChI=1S/C13H15NOS/c1-10-4-6-11(7-5-10)14(2)13-12(15-3)8-9-16-13/h4-9H,1-3H3. The van der Waals surface area contributed by atoms with Crippen LogP contribution in [0.2, 0.25) is 0 Å². The number of methoxy groups -OCH3 is 1. The second-order valence-electron chi connectivity index (χ2n) is 3.69. The summed E-state index contributed by atoms with van der Waals surface area (Å²) >= 11 is 1.68. The maximum absolute atomic E-state index is 5.32. The largest absolute Gasteiger partial charge is 0.494 e. The molecule has 1 aromatic carbocycles. The van der Waals surface area contributed by atoms with Crippen molar-refractivity contribution in [3.8, 4) is 5.75 Å². The van der Waals surface area contributed by atoms with E-state index in [-0.39, 0.29) is 0 Å². The molecule has 1 heterocycles. The second kappa shape index (κ2) is 4.58. The molecule has 2 nitrogen and oxygen atoms in total. The number of rotatable bonds is 3. The second-order valence-corrected chi connectivity index (χ2v) is 4.58. The molecule has 1 aromatic heterocycles. The molecule has 16 heavy (non-hydrogen) atoms. The Hall–Kier alpha value is -1.48. The molecule has 3 heteroatoms. The first-order chi connectivity index (χ1) is 7.72. The van der Waals surface area contributed by atoms with Crippen molar-refractivity contribution in [1.29, 1.82) is 0 Å². The van der Waals surface area contributed by atoms with Gasteiger partial charge in [0.15, 0.2) is 5.75 Å². The van der Waals surface area contributed by atoms with E-state index >= 15 is 0 Å². The van der Waals surface area contributed by atoms with Gasteiger partial charge in [0.1, 0.15) is 5.00 Å². The lowest BCUT2D eigenvalue weighted by atomic mass is 10.2. The van der Waals surface area contributed by atoms with Crippen LogP contribution in [0.25, 0.3) is 0 Å². The van der Waals surface area contributed by atoms with Gasteiger partial charge < -0.3 is 9.64 Å². The summed E-state index contributed by atoms with van der Waals surface area (Å²) in [7, 11) is 3.76. The van der Waals surface area contributed by atoms with Crippen LogP contribution in [0, 0.1) is 6.92 Å². The Morgan fingerprint density at radius 1 is 1.12 bits per heavy atom. The number of benzene rings is 1. The van der Waals surface area contributed by atoms with Gasteiger partial charge in [-0.15, -0.1) is 11.3 Å². The Morgan fingerprint density at radius 2 is 1.81 bits per heavy atom. The minimum Gasteiger partial charge on any atom is -0.494 e. The summed E-state index contributed by atoms with van der Waals surface area (Å²) in [5.74, 6) is 0.924. The van der Waals surface area contributed by atoms with Crippen LogP contribution < -0.4 is 9.64 Å². The van der Waals surface area contributed by atoms with Gasteiger partial charge in [-0.25, -0.2) is 0 Å². The summed E-state index contributed by atoms with van der Waals surface area (Å²) in [6.07, 6.45) is 0. The van der Waals surface area contributed by atoms with Crippen LogP contribution in [0.4, 0.5) is 10.7 Å². The van der Waals surface area contributed by atoms with Crippen LogP contribution in [-0.4, -0.2) is 14.2 Å². The molecule has 0 radical (unpaired) electrons. The number of thiophene rings is 1. The summed E-state index contributed by atoms with van der Waals surface area (Å²) < 4.78 is 5.32. The first kappa shape index (κ1) is 11.0. The zero-order valence-corrected chi connectivity index (χ0v) is 10.5. The highest BCUT2D eigenvalue weighted by Crippen LogP contribution is 2.37. The van der Waals surface area contributed by atoms with E-state index < -0.39 is 0 Å². The molecule has 0 bridgehead atoms. The van der Waals surface area contributed by atoms with Gasteiger partial charge in [0, 0.05) is 12.7 Å². The molecular weight excluding hydrogens is 218 g/mol. The van der Waals surface area contributed by atoms with Gasteiger partial charge in [-0.1, -0.05) is 17.7 Å². The van der Waals surface area contributed by atoms with E-state index in [4.69, 9.17) is 4.74 Å².